The smallest absolute Gasteiger partial charge is 0.357 e. The summed E-state index contributed by atoms with van der Waals surface area (Å²) in [7, 11) is 0. The van der Waals surface area contributed by atoms with Gasteiger partial charge in [0.05, 0.1) is 5.56 Å². The molecule has 0 amide bonds. The molecule has 30 heavy (non-hydrogen) atoms. The highest BCUT2D eigenvalue weighted by molar-refractivity contribution is 5.80. The highest BCUT2D eigenvalue weighted by Gasteiger charge is 2.30. The molecular formula is C21H29F3N6. The standard InChI is InChI=1S/C21H29F3N6/c1-3-25-20(30-11-8-16(9-12-30)19-27-14-28-29-19)26-10-7-15(2)17-5-4-6-18(13-17)21(22,23)24/h4-6,13-16H,3,7-12H2,1-2H3,(H,25,26)(H,27,28,29). The number of H-pyrrole nitrogens is 1. The molecule has 0 aliphatic carbocycles. The van der Waals surface area contributed by atoms with Gasteiger partial charge < -0.3 is 10.2 Å². The maximum absolute atomic E-state index is 13.0. The van der Waals surface area contributed by atoms with Gasteiger partial charge in [0.15, 0.2) is 5.96 Å². The van der Waals surface area contributed by atoms with Crippen molar-refractivity contribution in [1.82, 2.24) is 25.4 Å². The van der Waals surface area contributed by atoms with Crippen molar-refractivity contribution in [3.05, 3.63) is 47.5 Å². The van der Waals surface area contributed by atoms with Gasteiger partial charge in [0.25, 0.3) is 0 Å². The molecule has 2 N–H and O–H groups in total. The van der Waals surface area contributed by atoms with Crippen LogP contribution in [0, 0.1) is 0 Å². The molecule has 2 aromatic rings. The molecule has 1 unspecified atom stereocenters. The highest BCUT2D eigenvalue weighted by atomic mass is 19.4. The normalized spacial score (nSPS) is 17.2. The first-order chi connectivity index (χ1) is 14.4. The largest absolute Gasteiger partial charge is 0.416 e. The van der Waals surface area contributed by atoms with E-state index in [4.69, 9.17) is 4.99 Å². The number of hydrogen-bond donors (Lipinski definition) is 2. The van der Waals surface area contributed by atoms with Crippen molar-refractivity contribution < 1.29 is 13.2 Å². The van der Waals surface area contributed by atoms with Crippen LogP contribution in [0.5, 0.6) is 0 Å². The number of hydrogen-bond acceptors (Lipinski definition) is 3. The number of rotatable bonds is 6. The summed E-state index contributed by atoms with van der Waals surface area (Å²) < 4.78 is 38.9. The average Bonchev–Trinajstić information content (AvgIpc) is 3.27. The molecule has 2 heterocycles. The molecule has 0 radical (unpaired) electrons. The fourth-order valence-electron chi connectivity index (χ4n) is 3.75. The summed E-state index contributed by atoms with van der Waals surface area (Å²) in [6.07, 6.45) is -0.145. The Kier molecular flexibility index (Phi) is 7.33. The summed E-state index contributed by atoms with van der Waals surface area (Å²) in [5.41, 5.74) is 0.0937. The predicted molar refractivity (Wildman–Crippen MR) is 110 cm³/mol. The summed E-state index contributed by atoms with van der Waals surface area (Å²) in [5.74, 6) is 2.18. The third-order valence-corrected chi connectivity index (χ3v) is 5.56. The van der Waals surface area contributed by atoms with E-state index in [-0.39, 0.29) is 5.92 Å². The fraction of sp³-hybridized carbons (Fsp3) is 0.571. The van der Waals surface area contributed by atoms with Gasteiger partial charge in [-0.15, -0.1) is 0 Å². The third kappa shape index (κ3) is 5.73. The zero-order chi connectivity index (χ0) is 21.6. The molecule has 164 valence electrons. The first kappa shape index (κ1) is 22.1. The lowest BCUT2D eigenvalue weighted by Crippen LogP contribution is -2.45. The van der Waals surface area contributed by atoms with Crippen LogP contribution in [0.25, 0.3) is 0 Å². The topological polar surface area (TPSA) is 69.2 Å². The lowest BCUT2D eigenvalue weighted by atomic mass is 9.96. The lowest BCUT2D eigenvalue weighted by Gasteiger charge is -2.33. The third-order valence-electron chi connectivity index (χ3n) is 5.56. The van der Waals surface area contributed by atoms with Crippen LogP contribution in [0.3, 0.4) is 0 Å². The molecule has 1 aliphatic rings. The van der Waals surface area contributed by atoms with E-state index in [0.29, 0.717) is 24.4 Å². The van der Waals surface area contributed by atoms with Crippen molar-refractivity contribution in [2.24, 2.45) is 4.99 Å². The molecule has 3 rings (SSSR count). The SMILES string of the molecule is CCNC(=NCCC(C)c1cccc(C(F)(F)F)c1)N1CCC(c2ncn[nH]2)CC1. The number of alkyl halides is 3. The van der Waals surface area contributed by atoms with Crippen LogP contribution >= 0.6 is 0 Å². The van der Waals surface area contributed by atoms with Crippen LogP contribution in [-0.4, -0.2) is 52.2 Å². The molecule has 1 aliphatic heterocycles. The van der Waals surface area contributed by atoms with Gasteiger partial charge in [-0.3, -0.25) is 10.1 Å². The van der Waals surface area contributed by atoms with Crippen molar-refractivity contribution in [3.8, 4) is 0 Å². The van der Waals surface area contributed by atoms with E-state index >= 15 is 0 Å². The predicted octanol–water partition coefficient (Wildman–Crippen LogP) is 4.16. The van der Waals surface area contributed by atoms with Crippen LogP contribution in [0.4, 0.5) is 13.2 Å². The Morgan fingerprint density at radius 1 is 1.33 bits per heavy atom. The number of nitrogens with zero attached hydrogens (tertiary/aromatic N) is 4. The van der Waals surface area contributed by atoms with Gasteiger partial charge in [-0.25, -0.2) is 4.98 Å². The van der Waals surface area contributed by atoms with Gasteiger partial charge in [0.1, 0.15) is 12.2 Å². The highest BCUT2D eigenvalue weighted by Crippen LogP contribution is 2.31. The van der Waals surface area contributed by atoms with Crippen LogP contribution in [0.2, 0.25) is 0 Å². The number of likely N-dealkylation sites (tertiary alicyclic amines) is 1. The monoisotopic (exact) mass is 422 g/mol. The lowest BCUT2D eigenvalue weighted by molar-refractivity contribution is -0.137. The van der Waals surface area contributed by atoms with Crippen molar-refractivity contribution in [2.75, 3.05) is 26.2 Å². The molecule has 0 spiro atoms. The number of piperidine rings is 1. The maximum atomic E-state index is 13.0. The van der Waals surface area contributed by atoms with E-state index in [2.05, 4.69) is 25.4 Å². The van der Waals surface area contributed by atoms with Crippen LogP contribution in [0.15, 0.2) is 35.6 Å². The first-order valence-electron chi connectivity index (χ1n) is 10.4. The van der Waals surface area contributed by atoms with E-state index in [1.165, 1.54) is 12.1 Å². The Balaban J connectivity index is 1.56. The van der Waals surface area contributed by atoms with Crippen molar-refractivity contribution >= 4 is 5.96 Å². The number of aromatic nitrogens is 3. The van der Waals surface area contributed by atoms with Gasteiger partial charge in [0, 0.05) is 32.1 Å². The van der Waals surface area contributed by atoms with Crippen LogP contribution in [0.1, 0.15) is 61.9 Å². The summed E-state index contributed by atoms with van der Waals surface area (Å²) in [6, 6.07) is 5.58. The summed E-state index contributed by atoms with van der Waals surface area (Å²) in [4.78, 5) is 11.2. The zero-order valence-corrected chi connectivity index (χ0v) is 17.4. The minimum atomic E-state index is -4.32. The molecule has 9 heteroatoms. The summed E-state index contributed by atoms with van der Waals surface area (Å²) in [6.45, 7) is 7.05. The average molecular weight is 422 g/mol. The molecule has 1 aromatic heterocycles. The second kappa shape index (κ2) is 9.95. The number of nitrogens with one attached hydrogen (secondary N) is 2. The molecule has 1 fully saturated rings. The van der Waals surface area contributed by atoms with Crippen molar-refractivity contribution in [2.45, 2.75) is 51.1 Å². The molecule has 1 saturated heterocycles. The second-order valence-electron chi connectivity index (χ2n) is 7.68. The summed E-state index contributed by atoms with van der Waals surface area (Å²) >= 11 is 0. The van der Waals surface area contributed by atoms with E-state index in [1.807, 2.05) is 13.8 Å². The van der Waals surface area contributed by atoms with E-state index in [1.54, 1.807) is 12.4 Å². The fourth-order valence-corrected chi connectivity index (χ4v) is 3.75. The Morgan fingerprint density at radius 2 is 2.10 bits per heavy atom. The van der Waals surface area contributed by atoms with Crippen molar-refractivity contribution in [3.63, 3.8) is 0 Å². The van der Waals surface area contributed by atoms with Crippen LogP contribution < -0.4 is 5.32 Å². The minimum absolute atomic E-state index is 0.00360. The quantitative estimate of drug-likeness (QED) is 0.542. The second-order valence-corrected chi connectivity index (χ2v) is 7.68. The molecule has 0 saturated carbocycles. The summed E-state index contributed by atoms with van der Waals surface area (Å²) in [5, 5.41) is 10.2. The van der Waals surface area contributed by atoms with Gasteiger partial charge in [-0.2, -0.15) is 18.3 Å². The maximum Gasteiger partial charge on any atom is 0.416 e. The number of aliphatic imine (C=N–C) groups is 1. The Hall–Kier alpha value is -2.58. The molecular weight excluding hydrogens is 393 g/mol. The number of guanidine groups is 1. The van der Waals surface area contributed by atoms with E-state index < -0.39 is 11.7 Å². The number of benzene rings is 1. The zero-order valence-electron chi connectivity index (χ0n) is 17.4. The Bertz CT molecular complexity index is 810. The molecule has 6 nitrogen and oxygen atoms in total. The molecule has 1 atom stereocenters. The van der Waals surface area contributed by atoms with Gasteiger partial charge in [0.2, 0.25) is 0 Å². The number of halogens is 3. The molecule has 1 aromatic carbocycles. The number of aromatic amines is 1. The Morgan fingerprint density at radius 3 is 2.73 bits per heavy atom. The van der Waals surface area contributed by atoms with Crippen LogP contribution in [-0.2, 0) is 6.18 Å². The Labute approximate surface area is 175 Å². The van der Waals surface area contributed by atoms with Gasteiger partial charge in [-0.05, 0) is 43.7 Å². The van der Waals surface area contributed by atoms with Gasteiger partial charge in [-0.1, -0.05) is 25.1 Å². The minimum Gasteiger partial charge on any atom is -0.357 e. The molecule has 0 bridgehead atoms. The first-order valence-corrected chi connectivity index (χ1v) is 10.4. The van der Waals surface area contributed by atoms with Gasteiger partial charge >= 0.3 is 6.18 Å². The van der Waals surface area contributed by atoms with E-state index in [9.17, 15) is 13.2 Å². The van der Waals surface area contributed by atoms with Crippen molar-refractivity contribution in [1.29, 1.82) is 0 Å². The van der Waals surface area contributed by atoms with E-state index in [0.717, 1.165) is 50.3 Å².